The fraction of sp³-hybridized carbons (Fsp3) is 0.900. The van der Waals surface area contributed by atoms with Gasteiger partial charge in [0.1, 0.15) is 0 Å². The van der Waals surface area contributed by atoms with Crippen molar-refractivity contribution in [1.29, 1.82) is 0 Å². The van der Waals surface area contributed by atoms with Crippen LogP contribution in [0.3, 0.4) is 0 Å². The van der Waals surface area contributed by atoms with Crippen LogP contribution in [0.25, 0.3) is 0 Å². The number of carboxylic acid groups (broad SMARTS) is 1. The summed E-state index contributed by atoms with van der Waals surface area (Å²) >= 11 is 0. The van der Waals surface area contributed by atoms with Gasteiger partial charge in [-0.25, -0.2) is 4.79 Å². The van der Waals surface area contributed by atoms with E-state index in [9.17, 15) is 9.90 Å². The van der Waals surface area contributed by atoms with Crippen molar-refractivity contribution >= 4 is 5.97 Å². The van der Waals surface area contributed by atoms with Gasteiger partial charge in [0.05, 0.1) is 12.2 Å². The van der Waals surface area contributed by atoms with Gasteiger partial charge in [0.2, 0.25) is 0 Å². The van der Waals surface area contributed by atoms with Crippen molar-refractivity contribution in [3.63, 3.8) is 0 Å². The first-order valence-corrected chi connectivity index (χ1v) is 4.91. The molecule has 1 fully saturated rings. The van der Waals surface area contributed by atoms with E-state index in [1.165, 1.54) is 0 Å². The summed E-state index contributed by atoms with van der Waals surface area (Å²) < 4.78 is 5.43. The Morgan fingerprint density at radius 1 is 1.64 bits per heavy atom. The summed E-state index contributed by atoms with van der Waals surface area (Å²) in [6.07, 6.45) is 0.802. The van der Waals surface area contributed by atoms with E-state index in [-0.39, 0.29) is 17.9 Å². The number of ether oxygens (including phenoxy) is 1. The molecule has 0 amide bonds. The molecule has 14 heavy (non-hydrogen) atoms. The normalized spacial score (nSPS) is 29.9. The molecular formula is C10H18O4. The molecule has 2 N–H and O–H groups in total. The summed E-state index contributed by atoms with van der Waals surface area (Å²) in [6.45, 7) is 5.82. The second-order valence-corrected chi connectivity index (χ2v) is 4.55. The Hall–Kier alpha value is -0.610. The maximum atomic E-state index is 10.9. The van der Waals surface area contributed by atoms with Gasteiger partial charge in [0.25, 0.3) is 0 Å². The minimum atomic E-state index is -1.63. The summed E-state index contributed by atoms with van der Waals surface area (Å²) in [6, 6.07) is 0. The highest BCUT2D eigenvalue weighted by molar-refractivity contribution is 5.77. The Kier molecular flexibility index (Phi) is 2.88. The molecular weight excluding hydrogens is 184 g/mol. The molecule has 1 aliphatic heterocycles. The van der Waals surface area contributed by atoms with Crippen molar-refractivity contribution in [2.75, 3.05) is 6.61 Å². The highest BCUT2D eigenvalue weighted by Crippen LogP contribution is 2.37. The lowest BCUT2D eigenvalue weighted by Crippen LogP contribution is -2.46. The molecule has 0 bridgehead atoms. The quantitative estimate of drug-likeness (QED) is 0.717. The monoisotopic (exact) mass is 202 g/mol. The van der Waals surface area contributed by atoms with E-state index in [1.54, 1.807) is 6.92 Å². The van der Waals surface area contributed by atoms with E-state index in [2.05, 4.69) is 0 Å². The van der Waals surface area contributed by atoms with Crippen LogP contribution in [-0.2, 0) is 9.53 Å². The van der Waals surface area contributed by atoms with E-state index >= 15 is 0 Å². The Balaban J connectivity index is 2.78. The molecule has 0 aromatic rings. The second-order valence-electron chi connectivity index (χ2n) is 4.55. The first kappa shape index (κ1) is 11.5. The zero-order chi connectivity index (χ0) is 11.0. The minimum Gasteiger partial charge on any atom is -0.479 e. The molecule has 2 atom stereocenters. The van der Waals surface area contributed by atoms with Crippen molar-refractivity contribution in [3.8, 4) is 0 Å². The molecule has 1 saturated heterocycles. The summed E-state index contributed by atoms with van der Waals surface area (Å²) in [5.41, 5.74) is -1.95. The third-order valence-electron chi connectivity index (χ3n) is 3.00. The van der Waals surface area contributed by atoms with Crippen LogP contribution in [-0.4, -0.2) is 34.0 Å². The Morgan fingerprint density at radius 2 is 2.21 bits per heavy atom. The summed E-state index contributed by atoms with van der Waals surface area (Å²) in [5.74, 6) is -1.45. The molecule has 0 aromatic carbocycles. The average Bonchev–Trinajstić information content (AvgIpc) is 2.44. The zero-order valence-corrected chi connectivity index (χ0v) is 8.91. The van der Waals surface area contributed by atoms with Gasteiger partial charge in [-0.2, -0.15) is 0 Å². The largest absolute Gasteiger partial charge is 0.479 e. The number of hydrogen-bond donors (Lipinski definition) is 2. The predicted octanol–water partition coefficient (Wildman–Crippen LogP) is 1.03. The van der Waals surface area contributed by atoms with E-state index in [4.69, 9.17) is 9.84 Å². The maximum Gasteiger partial charge on any atom is 0.336 e. The number of aliphatic hydroxyl groups is 1. The molecule has 0 aliphatic carbocycles. The molecule has 1 aliphatic rings. The van der Waals surface area contributed by atoms with Crippen LogP contribution in [0.2, 0.25) is 0 Å². The van der Waals surface area contributed by atoms with Crippen molar-refractivity contribution in [2.45, 2.75) is 44.8 Å². The van der Waals surface area contributed by atoms with Crippen LogP contribution >= 0.6 is 0 Å². The molecule has 0 saturated carbocycles. The number of carbonyl (C=O) groups is 1. The second kappa shape index (κ2) is 3.51. The third-order valence-corrected chi connectivity index (χ3v) is 3.00. The van der Waals surface area contributed by atoms with Crippen LogP contribution in [0.5, 0.6) is 0 Å². The number of hydrogen-bond acceptors (Lipinski definition) is 3. The van der Waals surface area contributed by atoms with E-state index in [0.717, 1.165) is 0 Å². The molecule has 1 rings (SSSR count). The van der Waals surface area contributed by atoms with Gasteiger partial charge >= 0.3 is 5.97 Å². The lowest BCUT2D eigenvalue weighted by Gasteiger charge is -2.28. The SMILES string of the molecule is CCC(O)(C(=O)O)C1COC(C)(C)C1. The van der Waals surface area contributed by atoms with Gasteiger partial charge < -0.3 is 14.9 Å². The fourth-order valence-electron chi connectivity index (χ4n) is 1.96. The molecule has 4 heteroatoms. The summed E-state index contributed by atoms with van der Waals surface area (Å²) in [4.78, 5) is 10.9. The van der Waals surface area contributed by atoms with Gasteiger partial charge in [0, 0.05) is 5.92 Å². The van der Waals surface area contributed by atoms with Gasteiger partial charge in [-0.15, -0.1) is 0 Å². The third kappa shape index (κ3) is 1.91. The molecule has 0 spiro atoms. The van der Waals surface area contributed by atoms with E-state index < -0.39 is 11.6 Å². The van der Waals surface area contributed by atoms with Crippen LogP contribution in [0, 0.1) is 5.92 Å². The Labute approximate surface area is 83.9 Å². The zero-order valence-electron chi connectivity index (χ0n) is 8.91. The maximum absolute atomic E-state index is 10.9. The standard InChI is InChI=1S/C10H18O4/c1-4-10(13,8(11)12)7-5-9(2,3)14-6-7/h7,13H,4-6H2,1-3H3,(H,11,12). The highest BCUT2D eigenvalue weighted by atomic mass is 16.5. The van der Waals surface area contributed by atoms with Gasteiger partial charge in [-0.1, -0.05) is 6.92 Å². The smallest absolute Gasteiger partial charge is 0.336 e. The van der Waals surface area contributed by atoms with Crippen LogP contribution in [0.4, 0.5) is 0 Å². The molecule has 1 heterocycles. The Morgan fingerprint density at radius 3 is 2.50 bits per heavy atom. The molecule has 4 nitrogen and oxygen atoms in total. The van der Waals surface area contributed by atoms with Gasteiger partial charge in [-0.05, 0) is 26.7 Å². The highest BCUT2D eigenvalue weighted by Gasteiger charge is 2.48. The number of carboxylic acids is 1. The van der Waals surface area contributed by atoms with Crippen molar-refractivity contribution in [3.05, 3.63) is 0 Å². The first-order valence-electron chi connectivity index (χ1n) is 4.91. The number of aliphatic carboxylic acids is 1. The molecule has 0 radical (unpaired) electrons. The van der Waals surface area contributed by atoms with Crippen LogP contribution < -0.4 is 0 Å². The molecule has 0 aromatic heterocycles. The molecule has 82 valence electrons. The minimum absolute atomic E-state index is 0.215. The first-order chi connectivity index (χ1) is 6.32. The van der Waals surface area contributed by atoms with Crippen molar-refractivity contribution < 1.29 is 19.7 Å². The van der Waals surface area contributed by atoms with E-state index in [0.29, 0.717) is 13.0 Å². The van der Waals surface area contributed by atoms with Gasteiger partial charge in [0.15, 0.2) is 5.60 Å². The fourth-order valence-corrected chi connectivity index (χ4v) is 1.96. The molecule has 2 unspecified atom stereocenters. The number of rotatable bonds is 3. The van der Waals surface area contributed by atoms with Crippen LogP contribution in [0.1, 0.15) is 33.6 Å². The van der Waals surface area contributed by atoms with Crippen LogP contribution in [0.15, 0.2) is 0 Å². The topological polar surface area (TPSA) is 66.8 Å². The van der Waals surface area contributed by atoms with E-state index in [1.807, 2.05) is 13.8 Å². The Bertz CT molecular complexity index is 236. The predicted molar refractivity (Wildman–Crippen MR) is 51.0 cm³/mol. The summed E-state index contributed by atoms with van der Waals surface area (Å²) in [5, 5.41) is 18.9. The summed E-state index contributed by atoms with van der Waals surface area (Å²) in [7, 11) is 0. The lowest BCUT2D eigenvalue weighted by molar-refractivity contribution is -0.165. The lowest BCUT2D eigenvalue weighted by atomic mass is 9.81. The average molecular weight is 202 g/mol. The van der Waals surface area contributed by atoms with Gasteiger partial charge in [-0.3, -0.25) is 0 Å². The van der Waals surface area contributed by atoms with Crippen molar-refractivity contribution in [1.82, 2.24) is 0 Å². The van der Waals surface area contributed by atoms with Crippen molar-refractivity contribution in [2.24, 2.45) is 5.92 Å².